The number of para-hydroxylation sites is 1. The maximum absolute atomic E-state index is 13.0. The molecule has 0 aromatic heterocycles. The van der Waals surface area contributed by atoms with Crippen molar-refractivity contribution in [3.63, 3.8) is 0 Å². The highest BCUT2D eigenvalue weighted by molar-refractivity contribution is 5.98. The Morgan fingerprint density at radius 1 is 1.04 bits per heavy atom. The van der Waals surface area contributed by atoms with Crippen LogP contribution in [0.15, 0.2) is 18.2 Å². The van der Waals surface area contributed by atoms with Gasteiger partial charge in [0.15, 0.2) is 11.5 Å². The summed E-state index contributed by atoms with van der Waals surface area (Å²) in [6, 6.07) is 5.68. The number of rotatable bonds is 3. The van der Waals surface area contributed by atoms with Crippen molar-refractivity contribution in [1.29, 1.82) is 0 Å². The van der Waals surface area contributed by atoms with Gasteiger partial charge in [-0.05, 0) is 37.8 Å². The summed E-state index contributed by atoms with van der Waals surface area (Å²) in [4.78, 5) is 27.4. The van der Waals surface area contributed by atoms with E-state index in [2.05, 4.69) is 5.32 Å². The van der Waals surface area contributed by atoms with Crippen molar-refractivity contribution in [3.8, 4) is 11.5 Å². The number of fused-ring (bicyclic) bond motifs is 1. The largest absolute Gasteiger partial charge is 0.454 e. The molecule has 1 atom stereocenters. The first kappa shape index (κ1) is 17.2. The molecule has 3 aliphatic rings. The van der Waals surface area contributed by atoms with Crippen LogP contribution in [0.1, 0.15) is 55.3 Å². The lowest BCUT2D eigenvalue weighted by Gasteiger charge is -2.33. The van der Waals surface area contributed by atoms with Crippen molar-refractivity contribution in [1.82, 2.24) is 10.2 Å². The fourth-order valence-electron chi connectivity index (χ4n) is 4.21. The van der Waals surface area contributed by atoms with Crippen LogP contribution in [0.5, 0.6) is 11.5 Å². The van der Waals surface area contributed by atoms with Crippen LogP contribution in [0.3, 0.4) is 0 Å². The van der Waals surface area contributed by atoms with Crippen LogP contribution in [-0.4, -0.2) is 42.6 Å². The zero-order valence-electron chi connectivity index (χ0n) is 15.0. The quantitative estimate of drug-likeness (QED) is 0.902. The smallest absolute Gasteiger partial charge is 0.257 e. The van der Waals surface area contributed by atoms with Gasteiger partial charge in [-0.2, -0.15) is 0 Å². The monoisotopic (exact) mass is 358 g/mol. The highest BCUT2D eigenvalue weighted by Crippen LogP contribution is 2.36. The van der Waals surface area contributed by atoms with Gasteiger partial charge in [0.05, 0.1) is 11.5 Å². The molecule has 0 spiro atoms. The van der Waals surface area contributed by atoms with E-state index in [4.69, 9.17) is 9.47 Å². The Hall–Kier alpha value is -2.24. The van der Waals surface area contributed by atoms with Crippen molar-refractivity contribution in [2.75, 3.05) is 19.9 Å². The predicted molar refractivity (Wildman–Crippen MR) is 96.2 cm³/mol. The second-order valence-corrected chi connectivity index (χ2v) is 7.47. The lowest BCUT2D eigenvalue weighted by Crippen LogP contribution is -2.48. The van der Waals surface area contributed by atoms with Gasteiger partial charge in [0.1, 0.15) is 0 Å². The van der Waals surface area contributed by atoms with E-state index in [1.807, 2.05) is 0 Å². The Bertz CT molecular complexity index is 684. The molecule has 6 nitrogen and oxygen atoms in total. The van der Waals surface area contributed by atoms with Gasteiger partial charge in [0.25, 0.3) is 5.91 Å². The van der Waals surface area contributed by atoms with Gasteiger partial charge in [0, 0.05) is 19.1 Å². The minimum absolute atomic E-state index is 0.0810. The van der Waals surface area contributed by atoms with Crippen molar-refractivity contribution >= 4 is 11.8 Å². The molecule has 2 fully saturated rings. The first-order valence-corrected chi connectivity index (χ1v) is 9.70. The molecule has 1 aliphatic carbocycles. The van der Waals surface area contributed by atoms with E-state index in [1.165, 1.54) is 19.3 Å². The van der Waals surface area contributed by atoms with Gasteiger partial charge in [-0.25, -0.2) is 0 Å². The molecule has 1 aromatic carbocycles. The van der Waals surface area contributed by atoms with Crippen molar-refractivity contribution in [2.24, 2.45) is 5.92 Å². The number of hydrogen-bond donors (Lipinski definition) is 1. The number of benzene rings is 1. The van der Waals surface area contributed by atoms with Crippen molar-refractivity contribution < 1.29 is 19.1 Å². The van der Waals surface area contributed by atoms with E-state index >= 15 is 0 Å². The Labute approximate surface area is 153 Å². The summed E-state index contributed by atoms with van der Waals surface area (Å²) in [5.41, 5.74) is 0.522. The lowest BCUT2D eigenvalue weighted by molar-refractivity contribution is -0.127. The molecule has 2 amide bonds. The third-order valence-electron chi connectivity index (χ3n) is 5.66. The van der Waals surface area contributed by atoms with E-state index in [-0.39, 0.29) is 24.5 Å². The maximum Gasteiger partial charge on any atom is 0.257 e. The number of carbonyl (C=O) groups excluding carboxylic acids is 2. The summed E-state index contributed by atoms with van der Waals surface area (Å²) in [6.07, 6.45) is 7.51. The molecule has 0 bridgehead atoms. The standard InChI is InChI=1S/C20H26N2O4/c23-19(21-15-7-2-1-3-8-15)14-6-5-11-22(12-14)20(24)16-9-4-10-17-18(16)26-13-25-17/h4,9-10,14-15H,1-3,5-8,11-13H2,(H,21,23)/t14-/m0/s1. The zero-order valence-corrected chi connectivity index (χ0v) is 15.0. The Balaban J connectivity index is 1.41. The highest BCUT2D eigenvalue weighted by atomic mass is 16.7. The fourth-order valence-corrected chi connectivity index (χ4v) is 4.21. The molecule has 1 saturated heterocycles. The number of nitrogens with one attached hydrogen (secondary N) is 1. The average Bonchev–Trinajstić information content (AvgIpc) is 3.17. The van der Waals surface area contributed by atoms with Crippen LogP contribution >= 0.6 is 0 Å². The Morgan fingerprint density at radius 3 is 2.73 bits per heavy atom. The summed E-state index contributed by atoms with van der Waals surface area (Å²) < 4.78 is 10.8. The summed E-state index contributed by atoms with van der Waals surface area (Å²) in [7, 11) is 0. The van der Waals surface area contributed by atoms with E-state index in [1.54, 1.807) is 23.1 Å². The lowest BCUT2D eigenvalue weighted by atomic mass is 9.92. The van der Waals surface area contributed by atoms with E-state index in [9.17, 15) is 9.59 Å². The topological polar surface area (TPSA) is 67.9 Å². The molecule has 26 heavy (non-hydrogen) atoms. The Kier molecular flexibility index (Phi) is 5.00. The van der Waals surface area contributed by atoms with E-state index in [0.29, 0.717) is 36.2 Å². The third kappa shape index (κ3) is 3.50. The van der Waals surface area contributed by atoms with Gasteiger partial charge in [-0.3, -0.25) is 9.59 Å². The second kappa shape index (κ2) is 7.56. The van der Waals surface area contributed by atoms with Crippen LogP contribution in [-0.2, 0) is 4.79 Å². The molecule has 2 heterocycles. The molecular formula is C20H26N2O4. The minimum atomic E-state index is -0.122. The zero-order chi connectivity index (χ0) is 17.9. The number of piperidine rings is 1. The second-order valence-electron chi connectivity index (χ2n) is 7.47. The minimum Gasteiger partial charge on any atom is -0.454 e. The van der Waals surface area contributed by atoms with E-state index in [0.717, 1.165) is 25.7 Å². The number of ether oxygens (including phenoxy) is 2. The Morgan fingerprint density at radius 2 is 1.88 bits per heavy atom. The van der Waals surface area contributed by atoms with Gasteiger partial charge in [0.2, 0.25) is 12.7 Å². The third-order valence-corrected chi connectivity index (χ3v) is 5.66. The molecular weight excluding hydrogens is 332 g/mol. The van der Waals surface area contributed by atoms with Crippen LogP contribution < -0.4 is 14.8 Å². The first-order chi connectivity index (χ1) is 12.7. The van der Waals surface area contributed by atoms with Crippen LogP contribution in [0.2, 0.25) is 0 Å². The van der Waals surface area contributed by atoms with E-state index < -0.39 is 0 Å². The number of carbonyl (C=O) groups is 2. The first-order valence-electron chi connectivity index (χ1n) is 9.70. The van der Waals surface area contributed by atoms with Gasteiger partial charge in [-0.15, -0.1) is 0 Å². The van der Waals surface area contributed by atoms with Crippen LogP contribution in [0.25, 0.3) is 0 Å². The predicted octanol–water partition coefficient (Wildman–Crippen LogP) is 2.72. The average molecular weight is 358 g/mol. The molecule has 1 saturated carbocycles. The molecule has 0 unspecified atom stereocenters. The normalized spacial score (nSPS) is 22.9. The maximum atomic E-state index is 13.0. The number of likely N-dealkylation sites (tertiary alicyclic amines) is 1. The molecule has 140 valence electrons. The van der Waals surface area contributed by atoms with Crippen molar-refractivity contribution in [2.45, 2.75) is 51.0 Å². The van der Waals surface area contributed by atoms with Crippen LogP contribution in [0, 0.1) is 5.92 Å². The fraction of sp³-hybridized carbons (Fsp3) is 0.600. The van der Waals surface area contributed by atoms with Gasteiger partial charge >= 0.3 is 0 Å². The van der Waals surface area contributed by atoms with Crippen molar-refractivity contribution in [3.05, 3.63) is 23.8 Å². The van der Waals surface area contributed by atoms with Gasteiger partial charge in [-0.1, -0.05) is 25.3 Å². The highest BCUT2D eigenvalue weighted by Gasteiger charge is 2.32. The van der Waals surface area contributed by atoms with Gasteiger partial charge < -0.3 is 19.7 Å². The molecule has 6 heteroatoms. The molecule has 1 N–H and O–H groups in total. The summed E-state index contributed by atoms with van der Waals surface area (Å²) in [5.74, 6) is 1.03. The molecule has 2 aliphatic heterocycles. The number of nitrogens with zero attached hydrogens (tertiary/aromatic N) is 1. The molecule has 1 aromatic rings. The summed E-state index contributed by atoms with van der Waals surface area (Å²) in [6.45, 7) is 1.30. The number of amides is 2. The number of hydrogen-bond acceptors (Lipinski definition) is 4. The molecule has 0 radical (unpaired) electrons. The summed E-state index contributed by atoms with van der Waals surface area (Å²) in [5, 5.41) is 3.21. The molecule has 4 rings (SSSR count). The van der Waals surface area contributed by atoms with Crippen LogP contribution in [0.4, 0.5) is 0 Å². The summed E-state index contributed by atoms with van der Waals surface area (Å²) >= 11 is 0. The SMILES string of the molecule is O=C(NC1CCCCC1)[C@H]1CCCN(C(=O)c2cccc3c2OCO3)C1.